The smallest absolute Gasteiger partial charge is 0.315 e. The first-order chi connectivity index (χ1) is 15.4. The van der Waals surface area contributed by atoms with Gasteiger partial charge in [-0.05, 0) is 38.0 Å². The summed E-state index contributed by atoms with van der Waals surface area (Å²) < 4.78 is 16.8. The third-order valence-corrected chi connectivity index (χ3v) is 6.86. The number of amides is 1. The van der Waals surface area contributed by atoms with Crippen LogP contribution in [0.2, 0.25) is 10.0 Å². The number of hydrogen-bond donors (Lipinski definition) is 0. The normalized spacial score (nSPS) is 16.4. The molecule has 0 bridgehead atoms. The molecule has 0 unspecified atom stereocenters. The van der Waals surface area contributed by atoms with E-state index >= 15 is 0 Å². The number of hydrogen-bond acceptors (Lipinski definition) is 5. The number of nitrogens with zero attached hydrogens (tertiary/aromatic N) is 1. The Labute approximate surface area is 197 Å². The molecule has 0 aliphatic carbocycles. The molecule has 6 nitrogen and oxygen atoms in total. The molecule has 2 aliphatic rings. The van der Waals surface area contributed by atoms with Gasteiger partial charge in [0.05, 0.1) is 13.2 Å². The minimum atomic E-state index is -0.474. The quantitative estimate of drug-likeness (QED) is 0.442. The largest absolute Gasteiger partial charge is 0.492 e. The molecule has 170 valence electrons. The maximum atomic E-state index is 12.4. The fourth-order valence-corrected chi connectivity index (χ4v) is 4.82. The van der Waals surface area contributed by atoms with E-state index in [2.05, 4.69) is 0 Å². The highest BCUT2D eigenvalue weighted by Gasteiger charge is 2.44. The van der Waals surface area contributed by atoms with Crippen molar-refractivity contribution in [3.8, 4) is 11.5 Å². The predicted molar refractivity (Wildman–Crippen MR) is 121 cm³/mol. The van der Waals surface area contributed by atoms with Crippen LogP contribution in [-0.4, -0.2) is 43.1 Å². The average Bonchev–Trinajstić information content (AvgIpc) is 3.11. The van der Waals surface area contributed by atoms with E-state index in [0.717, 1.165) is 29.7 Å². The number of esters is 1. The third-order valence-electron chi connectivity index (χ3n) is 6.15. The van der Waals surface area contributed by atoms with E-state index in [-0.39, 0.29) is 31.0 Å². The zero-order valence-electron chi connectivity index (χ0n) is 17.9. The molecule has 0 N–H and O–H groups in total. The Morgan fingerprint density at radius 2 is 1.84 bits per heavy atom. The van der Waals surface area contributed by atoms with Crippen molar-refractivity contribution in [2.45, 2.75) is 38.2 Å². The van der Waals surface area contributed by atoms with Gasteiger partial charge in [-0.15, -0.1) is 0 Å². The van der Waals surface area contributed by atoms with Crippen molar-refractivity contribution in [1.82, 2.24) is 4.90 Å². The van der Waals surface area contributed by atoms with E-state index in [1.54, 1.807) is 30.0 Å². The van der Waals surface area contributed by atoms with Crippen molar-refractivity contribution in [2.24, 2.45) is 0 Å². The van der Waals surface area contributed by atoms with E-state index in [0.29, 0.717) is 35.5 Å². The molecular formula is C24H25Cl2NO5. The second-order valence-corrected chi connectivity index (χ2v) is 8.89. The second-order valence-electron chi connectivity index (χ2n) is 8.08. The van der Waals surface area contributed by atoms with E-state index in [1.165, 1.54) is 0 Å². The second kappa shape index (κ2) is 9.59. The van der Waals surface area contributed by atoms with Crippen molar-refractivity contribution < 1.29 is 23.8 Å². The molecule has 2 aromatic carbocycles. The summed E-state index contributed by atoms with van der Waals surface area (Å²) >= 11 is 12.4. The Balaban J connectivity index is 1.39. The molecule has 8 heteroatoms. The molecule has 2 heterocycles. The van der Waals surface area contributed by atoms with E-state index in [1.807, 2.05) is 18.2 Å². The van der Waals surface area contributed by atoms with Crippen LogP contribution in [0.5, 0.6) is 11.5 Å². The standard InChI is InChI=1S/C24H25Cl2NO5/c1-2-30-23(29)13-22(28)27-10-8-24(9-11-27)15-32-21-12-16(6-7-18(21)24)31-14-17-19(25)4-3-5-20(17)26/h3-7,12H,2,8-11,13-15H2,1H3. The van der Waals surface area contributed by atoms with Gasteiger partial charge in [-0.2, -0.15) is 0 Å². The Morgan fingerprint density at radius 3 is 2.53 bits per heavy atom. The summed E-state index contributed by atoms with van der Waals surface area (Å²) in [5.74, 6) is 0.829. The van der Waals surface area contributed by atoms with Crippen molar-refractivity contribution in [2.75, 3.05) is 26.3 Å². The lowest BCUT2D eigenvalue weighted by atomic mass is 9.74. The number of benzene rings is 2. The minimum absolute atomic E-state index is 0.124. The molecule has 1 saturated heterocycles. The van der Waals surface area contributed by atoms with E-state index < -0.39 is 5.97 Å². The Kier molecular flexibility index (Phi) is 6.82. The summed E-state index contributed by atoms with van der Waals surface area (Å²) in [6.07, 6.45) is 1.36. The average molecular weight is 478 g/mol. The van der Waals surface area contributed by atoms with Gasteiger partial charge in [0.2, 0.25) is 5.91 Å². The number of piperidine rings is 1. The first-order valence-electron chi connectivity index (χ1n) is 10.7. The lowest BCUT2D eigenvalue weighted by Crippen LogP contribution is -2.46. The highest BCUT2D eigenvalue weighted by molar-refractivity contribution is 6.35. The molecular weight excluding hydrogens is 453 g/mol. The Bertz CT molecular complexity index is 997. The van der Waals surface area contributed by atoms with Gasteiger partial charge in [0.15, 0.2) is 0 Å². The highest BCUT2D eigenvalue weighted by atomic mass is 35.5. The van der Waals surface area contributed by atoms with Crippen LogP contribution in [0.3, 0.4) is 0 Å². The zero-order valence-corrected chi connectivity index (χ0v) is 19.4. The number of fused-ring (bicyclic) bond motifs is 2. The monoisotopic (exact) mass is 477 g/mol. The lowest BCUT2D eigenvalue weighted by Gasteiger charge is -2.38. The van der Waals surface area contributed by atoms with Gasteiger partial charge in [-0.25, -0.2) is 0 Å². The van der Waals surface area contributed by atoms with Crippen LogP contribution in [0.15, 0.2) is 36.4 Å². The molecule has 1 fully saturated rings. The first-order valence-corrected chi connectivity index (χ1v) is 11.4. The Hall–Kier alpha value is -2.44. The van der Waals surface area contributed by atoms with Crippen LogP contribution < -0.4 is 9.47 Å². The third kappa shape index (κ3) is 4.66. The van der Waals surface area contributed by atoms with Gasteiger partial charge in [0.1, 0.15) is 24.5 Å². The molecule has 4 rings (SSSR count). The van der Waals surface area contributed by atoms with Crippen LogP contribution >= 0.6 is 23.2 Å². The fraction of sp³-hybridized carbons (Fsp3) is 0.417. The SMILES string of the molecule is CCOC(=O)CC(=O)N1CCC2(CC1)COc1cc(OCc3c(Cl)cccc3Cl)ccc12. The Morgan fingerprint density at radius 1 is 1.12 bits per heavy atom. The zero-order chi connectivity index (χ0) is 22.7. The van der Waals surface area contributed by atoms with Crippen molar-refractivity contribution in [1.29, 1.82) is 0 Å². The highest BCUT2D eigenvalue weighted by Crippen LogP contribution is 2.46. The van der Waals surface area contributed by atoms with Crippen molar-refractivity contribution >= 4 is 35.1 Å². The van der Waals surface area contributed by atoms with Crippen LogP contribution in [0.1, 0.15) is 37.3 Å². The number of halogens is 2. The predicted octanol–water partition coefficient (Wildman–Crippen LogP) is 4.78. The van der Waals surface area contributed by atoms with Gasteiger partial charge in [0.25, 0.3) is 0 Å². The molecule has 1 spiro atoms. The number of ether oxygens (including phenoxy) is 3. The number of rotatable bonds is 6. The maximum Gasteiger partial charge on any atom is 0.315 e. The summed E-state index contributed by atoms with van der Waals surface area (Å²) in [5.41, 5.74) is 1.76. The molecule has 0 atom stereocenters. The van der Waals surface area contributed by atoms with Crippen molar-refractivity contribution in [3.63, 3.8) is 0 Å². The van der Waals surface area contributed by atoms with E-state index in [4.69, 9.17) is 37.4 Å². The summed E-state index contributed by atoms with van der Waals surface area (Å²) in [7, 11) is 0. The van der Waals surface area contributed by atoms with Crippen LogP contribution in [0.25, 0.3) is 0 Å². The first kappa shape index (κ1) is 22.7. The molecule has 32 heavy (non-hydrogen) atoms. The summed E-state index contributed by atoms with van der Waals surface area (Å²) in [5, 5.41) is 1.14. The van der Waals surface area contributed by atoms with Gasteiger partial charge in [-0.1, -0.05) is 35.3 Å². The number of carbonyl (C=O) groups is 2. The molecule has 1 amide bonds. The van der Waals surface area contributed by atoms with Crippen molar-refractivity contribution in [3.05, 3.63) is 57.6 Å². The lowest BCUT2D eigenvalue weighted by molar-refractivity contribution is -0.149. The molecule has 2 aromatic rings. The van der Waals surface area contributed by atoms with Crippen LogP contribution in [0.4, 0.5) is 0 Å². The van der Waals surface area contributed by atoms with Gasteiger partial charge >= 0.3 is 5.97 Å². The van der Waals surface area contributed by atoms with Crippen LogP contribution in [0, 0.1) is 0 Å². The summed E-state index contributed by atoms with van der Waals surface area (Å²) in [6.45, 7) is 4.02. The van der Waals surface area contributed by atoms with Gasteiger partial charge in [0, 0.05) is 45.7 Å². The van der Waals surface area contributed by atoms with Crippen LogP contribution in [-0.2, 0) is 26.3 Å². The maximum absolute atomic E-state index is 12.4. The minimum Gasteiger partial charge on any atom is -0.492 e. The molecule has 0 aromatic heterocycles. The molecule has 2 aliphatic heterocycles. The molecule has 0 saturated carbocycles. The summed E-state index contributed by atoms with van der Waals surface area (Å²) in [6, 6.07) is 11.2. The number of likely N-dealkylation sites (tertiary alicyclic amines) is 1. The van der Waals surface area contributed by atoms with Gasteiger partial charge in [-0.3, -0.25) is 9.59 Å². The van der Waals surface area contributed by atoms with Gasteiger partial charge < -0.3 is 19.1 Å². The topological polar surface area (TPSA) is 65.1 Å². The fourth-order valence-electron chi connectivity index (χ4n) is 4.31. The number of carbonyl (C=O) groups excluding carboxylic acids is 2. The molecule has 0 radical (unpaired) electrons. The summed E-state index contributed by atoms with van der Waals surface area (Å²) in [4.78, 5) is 25.7. The van der Waals surface area contributed by atoms with E-state index in [9.17, 15) is 9.59 Å².